The number of hydrogen-bond donors (Lipinski definition) is 2. The second kappa shape index (κ2) is 7.82. The normalized spacial score (nSPS) is 10.5. The van der Waals surface area contributed by atoms with Crippen LogP contribution in [-0.2, 0) is 6.54 Å². The van der Waals surface area contributed by atoms with Crippen molar-refractivity contribution in [2.24, 2.45) is 0 Å². The van der Waals surface area contributed by atoms with Crippen molar-refractivity contribution in [1.82, 2.24) is 9.78 Å². The van der Waals surface area contributed by atoms with E-state index in [1.165, 1.54) is 12.1 Å². The average Bonchev–Trinajstić information content (AvgIpc) is 2.99. The van der Waals surface area contributed by atoms with Crippen molar-refractivity contribution in [3.8, 4) is 0 Å². The molecule has 4 nitrogen and oxygen atoms in total. The molecule has 1 heterocycles. The Labute approximate surface area is 159 Å². The van der Waals surface area contributed by atoms with Crippen molar-refractivity contribution >= 4 is 51.9 Å². The van der Waals surface area contributed by atoms with Gasteiger partial charge in [-0.2, -0.15) is 5.10 Å². The summed E-state index contributed by atoms with van der Waals surface area (Å²) in [5.41, 5.74) is 2.33. The van der Waals surface area contributed by atoms with Crippen molar-refractivity contribution < 1.29 is 4.39 Å². The lowest BCUT2D eigenvalue weighted by atomic mass is 10.2. The molecule has 3 rings (SSSR count). The highest BCUT2D eigenvalue weighted by molar-refractivity contribution is 7.80. The lowest BCUT2D eigenvalue weighted by molar-refractivity contribution is 0.624. The van der Waals surface area contributed by atoms with Gasteiger partial charge < -0.3 is 10.6 Å². The molecule has 2 N–H and O–H groups in total. The van der Waals surface area contributed by atoms with Crippen LogP contribution < -0.4 is 10.6 Å². The number of aromatic nitrogens is 2. The lowest BCUT2D eigenvalue weighted by Crippen LogP contribution is -2.18. The van der Waals surface area contributed by atoms with Gasteiger partial charge in [0.05, 0.1) is 18.4 Å². The molecule has 0 radical (unpaired) electrons. The van der Waals surface area contributed by atoms with Gasteiger partial charge in [-0.3, -0.25) is 4.68 Å². The van der Waals surface area contributed by atoms with Gasteiger partial charge >= 0.3 is 0 Å². The molecular weight excluding hydrogens is 382 g/mol. The second-order valence-corrected chi connectivity index (χ2v) is 6.50. The topological polar surface area (TPSA) is 41.9 Å². The summed E-state index contributed by atoms with van der Waals surface area (Å²) < 4.78 is 14.8. The van der Waals surface area contributed by atoms with E-state index in [1.807, 2.05) is 12.1 Å². The van der Waals surface area contributed by atoms with Gasteiger partial charge in [0.2, 0.25) is 0 Å². The molecule has 0 spiro atoms. The highest BCUT2D eigenvalue weighted by Crippen LogP contribution is 2.19. The maximum absolute atomic E-state index is 13.1. The van der Waals surface area contributed by atoms with E-state index in [2.05, 4.69) is 15.7 Å². The van der Waals surface area contributed by atoms with Crippen LogP contribution in [0.2, 0.25) is 10.0 Å². The van der Waals surface area contributed by atoms with Gasteiger partial charge in [-0.05, 0) is 54.2 Å². The van der Waals surface area contributed by atoms with Crippen LogP contribution >= 0.6 is 35.4 Å². The van der Waals surface area contributed by atoms with E-state index in [0.717, 1.165) is 16.9 Å². The van der Waals surface area contributed by atoms with Crippen LogP contribution in [0.1, 0.15) is 5.56 Å². The maximum atomic E-state index is 13.1. The molecular formula is C17H13Cl2FN4S. The molecule has 0 amide bonds. The number of nitrogens with zero attached hydrogens (tertiary/aromatic N) is 2. The standard InChI is InChI=1S/C17H13Cl2FN4S/c18-12-2-5-14(6-3-12)22-17(25)23-15-8-21-24(10-15)9-11-1-4-13(20)7-16(11)19/h1-8,10H,9H2,(H2,22,23,25). The predicted octanol–water partition coefficient (Wildman–Crippen LogP) is 5.19. The van der Waals surface area contributed by atoms with Crippen LogP contribution in [-0.4, -0.2) is 14.9 Å². The van der Waals surface area contributed by atoms with E-state index in [1.54, 1.807) is 35.3 Å². The maximum Gasteiger partial charge on any atom is 0.175 e. The van der Waals surface area contributed by atoms with E-state index < -0.39 is 0 Å². The zero-order valence-corrected chi connectivity index (χ0v) is 15.2. The van der Waals surface area contributed by atoms with E-state index in [4.69, 9.17) is 35.4 Å². The second-order valence-electron chi connectivity index (χ2n) is 5.25. The van der Waals surface area contributed by atoms with Gasteiger partial charge in [-0.1, -0.05) is 29.3 Å². The fourth-order valence-electron chi connectivity index (χ4n) is 2.17. The number of hydrogen-bond acceptors (Lipinski definition) is 2. The Morgan fingerprint density at radius 2 is 1.80 bits per heavy atom. The summed E-state index contributed by atoms with van der Waals surface area (Å²) in [4.78, 5) is 0. The first-order valence-corrected chi connectivity index (χ1v) is 8.46. The van der Waals surface area contributed by atoms with Crippen molar-refractivity contribution in [2.45, 2.75) is 6.54 Å². The minimum Gasteiger partial charge on any atom is -0.332 e. The van der Waals surface area contributed by atoms with Crippen LogP contribution in [0.5, 0.6) is 0 Å². The summed E-state index contributed by atoms with van der Waals surface area (Å²) in [6.45, 7) is 0.429. The summed E-state index contributed by atoms with van der Waals surface area (Å²) in [7, 11) is 0. The van der Waals surface area contributed by atoms with Crippen LogP contribution in [0.15, 0.2) is 54.9 Å². The van der Waals surface area contributed by atoms with Crippen molar-refractivity contribution in [3.05, 3.63) is 76.3 Å². The molecule has 0 aliphatic rings. The van der Waals surface area contributed by atoms with Gasteiger partial charge in [0.1, 0.15) is 5.82 Å². The predicted molar refractivity (Wildman–Crippen MR) is 104 cm³/mol. The highest BCUT2D eigenvalue weighted by atomic mass is 35.5. The first kappa shape index (κ1) is 17.7. The molecule has 1 aromatic heterocycles. The highest BCUT2D eigenvalue weighted by Gasteiger charge is 2.06. The molecule has 8 heteroatoms. The molecule has 2 aromatic carbocycles. The Morgan fingerprint density at radius 1 is 1.08 bits per heavy atom. The first-order valence-electron chi connectivity index (χ1n) is 7.29. The van der Waals surface area contributed by atoms with Gasteiger partial charge in [-0.25, -0.2) is 4.39 Å². The molecule has 0 saturated carbocycles. The molecule has 0 aliphatic carbocycles. The molecule has 0 fully saturated rings. The molecule has 3 aromatic rings. The molecule has 0 unspecified atom stereocenters. The molecule has 25 heavy (non-hydrogen) atoms. The van der Waals surface area contributed by atoms with Gasteiger partial charge in [-0.15, -0.1) is 0 Å². The van der Waals surface area contributed by atoms with Gasteiger partial charge in [0.15, 0.2) is 5.11 Å². The zero-order chi connectivity index (χ0) is 17.8. The van der Waals surface area contributed by atoms with Crippen LogP contribution in [0.25, 0.3) is 0 Å². The first-order chi connectivity index (χ1) is 12.0. The minimum absolute atomic E-state index is 0.366. The number of anilines is 2. The Balaban J connectivity index is 1.61. The van der Waals surface area contributed by atoms with Crippen LogP contribution in [0.4, 0.5) is 15.8 Å². The van der Waals surface area contributed by atoms with E-state index in [-0.39, 0.29) is 5.82 Å². The third-order valence-corrected chi connectivity index (χ3v) is 4.15. The average molecular weight is 395 g/mol. The Morgan fingerprint density at radius 3 is 2.52 bits per heavy atom. The summed E-state index contributed by atoms with van der Waals surface area (Å²) >= 11 is 17.2. The number of rotatable bonds is 4. The van der Waals surface area contributed by atoms with Crippen LogP contribution in [0, 0.1) is 5.82 Å². The van der Waals surface area contributed by atoms with Gasteiger partial charge in [0, 0.05) is 21.9 Å². The number of nitrogens with one attached hydrogen (secondary N) is 2. The summed E-state index contributed by atoms with van der Waals surface area (Å²) in [6, 6.07) is 11.5. The fraction of sp³-hybridized carbons (Fsp3) is 0.0588. The minimum atomic E-state index is -0.366. The summed E-state index contributed by atoms with van der Waals surface area (Å²) in [5, 5.41) is 11.8. The molecule has 0 bridgehead atoms. The SMILES string of the molecule is Fc1ccc(Cn2cc(NC(=S)Nc3ccc(Cl)cc3)cn2)c(Cl)c1. The lowest BCUT2D eigenvalue weighted by Gasteiger charge is -2.09. The largest absolute Gasteiger partial charge is 0.332 e. The smallest absolute Gasteiger partial charge is 0.175 e. The van der Waals surface area contributed by atoms with Crippen molar-refractivity contribution in [1.29, 1.82) is 0 Å². The number of benzene rings is 2. The van der Waals surface area contributed by atoms with E-state index in [0.29, 0.717) is 21.7 Å². The summed E-state index contributed by atoms with van der Waals surface area (Å²) in [5.74, 6) is -0.366. The fourth-order valence-corrected chi connectivity index (χ4v) is 2.75. The van der Waals surface area contributed by atoms with Crippen molar-refractivity contribution in [3.63, 3.8) is 0 Å². The molecule has 0 aliphatic heterocycles. The number of halogens is 3. The molecule has 128 valence electrons. The van der Waals surface area contributed by atoms with Crippen LogP contribution in [0.3, 0.4) is 0 Å². The quantitative estimate of drug-likeness (QED) is 0.597. The van der Waals surface area contributed by atoms with E-state index >= 15 is 0 Å². The third kappa shape index (κ3) is 4.92. The monoisotopic (exact) mass is 394 g/mol. The Kier molecular flexibility index (Phi) is 5.53. The van der Waals surface area contributed by atoms with E-state index in [9.17, 15) is 4.39 Å². The molecule has 0 saturated heterocycles. The Bertz CT molecular complexity index is 896. The van der Waals surface area contributed by atoms with Crippen molar-refractivity contribution in [2.75, 3.05) is 10.6 Å². The Hall–Kier alpha value is -2.15. The van der Waals surface area contributed by atoms with Gasteiger partial charge in [0.25, 0.3) is 0 Å². The zero-order valence-electron chi connectivity index (χ0n) is 12.8. The summed E-state index contributed by atoms with van der Waals surface area (Å²) in [6.07, 6.45) is 3.43. The third-order valence-electron chi connectivity index (χ3n) is 3.34. The molecule has 0 atom stereocenters. The number of thiocarbonyl (C=S) groups is 1.